The number of halogens is 1. The Kier molecular flexibility index (Phi) is 7.30. The maximum atomic E-state index is 15.0. The molecule has 0 saturated heterocycles. The molecule has 2 aromatic carbocycles. The largest absolute Gasteiger partial charge is 0.469 e. The van der Waals surface area contributed by atoms with E-state index >= 15 is 0 Å². The first-order valence-electron chi connectivity index (χ1n) is 12.5. The van der Waals surface area contributed by atoms with E-state index in [9.17, 15) is 17.6 Å². The van der Waals surface area contributed by atoms with Crippen LogP contribution in [0.4, 0.5) is 21.8 Å². The Morgan fingerprint density at radius 1 is 1.18 bits per heavy atom. The number of carbonyl (C=O) groups is 1. The number of fused-ring (bicyclic) bond motifs is 1. The van der Waals surface area contributed by atoms with Crippen LogP contribution in [-0.4, -0.2) is 50.3 Å². The van der Waals surface area contributed by atoms with Crippen molar-refractivity contribution in [3.8, 4) is 6.07 Å². The second-order valence-electron chi connectivity index (χ2n) is 9.38. The summed E-state index contributed by atoms with van der Waals surface area (Å²) >= 11 is 0. The Hall–Kier alpha value is -4.30. The molecule has 1 aromatic heterocycles. The number of nitrogens with zero attached hydrogens (tertiary/aromatic N) is 4. The van der Waals surface area contributed by atoms with Crippen molar-refractivity contribution in [3.63, 3.8) is 0 Å². The van der Waals surface area contributed by atoms with Gasteiger partial charge >= 0.3 is 5.97 Å². The Labute approximate surface area is 225 Å². The van der Waals surface area contributed by atoms with Crippen molar-refractivity contribution in [2.45, 2.75) is 30.6 Å². The van der Waals surface area contributed by atoms with Gasteiger partial charge in [0.05, 0.1) is 42.3 Å². The number of sulfone groups is 1. The number of esters is 1. The third-order valence-corrected chi connectivity index (χ3v) is 8.68. The van der Waals surface area contributed by atoms with E-state index in [1.54, 1.807) is 18.2 Å². The number of hydrogen-bond donors (Lipinski definition) is 1. The van der Waals surface area contributed by atoms with Gasteiger partial charge in [0.2, 0.25) is 5.95 Å². The summed E-state index contributed by atoms with van der Waals surface area (Å²) < 4.78 is 45.6. The van der Waals surface area contributed by atoms with Crippen LogP contribution in [0.5, 0.6) is 0 Å². The summed E-state index contributed by atoms with van der Waals surface area (Å²) in [5.74, 6) is -0.763. The molecule has 1 N–H and O–H groups in total. The topological polar surface area (TPSA) is 125 Å². The minimum atomic E-state index is -3.66. The molecule has 0 amide bonds. The van der Waals surface area contributed by atoms with Gasteiger partial charge in [-0.3, -0.25) is 4.79 Å². The lowest BCUT2D eigenvalue weighted by atomic mass is 9.99. The summed E-state index contributed by atoms with van der Waals surface area (Å²) in [4.78, 5) is 22.7. The summed E-state index contributed by atoms with van der Waals surface area (Å²) in [6, 6.07) is 13.8. The van der Waals surface area contributed by atoms with E-state index in [-0.39, 0.29) is 28.6 Å². The molecule has 5 rings (SSSR count). The number of ether oxygens (including phenoxy) is 1. The summed E-state index contributed by atoms with van der Waals surface area (Å²) in [6.45, 7) is 1.12. The van der Waals surface area contributed by atoms with Gasteiger partial charge in [-0.25, -0.2) is 17.8 Å². The second-order valence-corrected chi connectivity index (χ2v) is 11.4. The molecule has 0 fully saturated rings. The molecule has 0 saturated carbocycles. The van der Waals surface area contributed by atoms with E-state index in [1.807, 2.05) is 17.0 Å². The van der Waals surface area contributed by atoms with Crippen LogP contribution in [0, 0.1) is 17.1 Å². The highest BCUT2D eigenvalue weighted by Crippen LogP contribution is 2.34. The summed E-state index contributed by atoms with van der Waals surface area (Å²) in [5.41, 5.74) is 3.67. The first-order valence-corrected chi connectivity index (χ1v) is 14.1. The number of anilines is 3. The number of aromatic nitrogens is 2. The smallest absolute Gasteiger partial charge is 0.309 e. The van der Waals surface area contributed by atoms with Crippen LogP contribution in [0.15, 0.2) is 53.4 Å². The molecule has 39 heavy (non-hydrogen) atoms. The van der Waals surface area contributed by atoms with Crippen LogP contribution in [-0.2, 0) is 32.2 Å². The monoisotopic (exact) mass is 547 g/mol. The molecule has 0 aliphatic carbocycles. The normalized spacial score (nSPS) is 16.0. The third-order valence-electron chi connectivity index (χ3n) is 6.80. The standard InChI is InChI=1S/C28H26FN5O4S/c1-38-25(35)16-19-6-9-23(22(29)15-19)31-27-26-24(3-2-14-39(26,36)37)32-28(33-27)34-12-10-21(11-13-34)20-7-4-18(17-30)5-8-20/h4-10,15H,2-3,11-14,16H2,1H3,(H,31,32,33). The van der Waals surface area contributed by atoms with Gasteiger partial charge in [0.25, 0.3) is 0 Å². The van der Waals surface area contributed by atoms with E-state index in [2.05, 4.69) is 32.2 Å². The highest BCUT2D eigenvalue weighted by Gasteiger charge is 2.31. The number of nitriles is 1. The van der Waals surface area contributed by atoms with E-state index in [0.29, 0.717) is 55.1 Å². The van der Waals surface area contributed by atoms with E-state index < -0.39 is 21.6 Å². The van der Waals surface area contributed by atoms with Crippen LogP contribution in [0.3, 0.4) is 0 Å². The van der Waals surface area contributed by atoms with E-state index in [4.69, 9.17) is 5.26 Å². The number of hydrogen-bond acceptors (Lipinski definition) is 9. The fraction of sp³-hybridized carbons (Fsp3) is 0.286. The lowest BCUT2D eigenvalue weighted by molar-refractivity contribution is -0.139. The number of aryl methyl sites for hydroxylation is 1. The molecule has 0 radical (unpaired) electrons. The average molecular weight is 548 g/mol. The van der Waals surface area contributed by atoms with E-state index in [1.165, 1.54) is 19.2 Å². The van der Waals surface area contributed by atoms with Gasteiger partial charge in [-0.2, -0.15) is 10.2 Å². The number of carbonyl (C=O) groups excluding carboxylic acids is 1. The summed E-state index contributed by atoms with van der Waals surface area (Å²) in [5, 5.41) is 11.9. The SMILES string of the molecule is COC(=O)Cc1ccc(Nc2nc(N3CC=C(c4ccc(C#N)cc4)CC3)nc3c2S(=O)(=O)CCC3)c(F)c1. The molecule has 9 nitrogen and oxygen atoms in total. The van der Waals surface area contributed by atoms with Crippen LogP contribution < -0.4 is 10.2 Å². The minimum Gasteiger partial charge on any atom is -0.469 e. The third kappa shape index (κ3) is 5.61. The predicted octanol–water partition coefficient (Wildman–Crippen LogP) is 3.96. The number of benzene rings is 2. The first-order chi connectivity index (χ1) is 18.8. The molecule has 3 aromatic rings. The molecule has 0 atom stereocenters. The lowest BCUT2D eigenvalue weighted by Crippen LogP contribution is -2.31. The van der Waals surface area contributed by atoms with Crippen LogP contribution in [0.1, 0.15) is 35.2 Å². The van der Waals surface area contributed by atoms with Gasteiger partial charge in [0, 0.05) is 13.1 Å². The molecule has 2 aliphatic rings. The molecule has 3 heterocycles. The van der Waals surface area contributed by atoms with Gasteiger partial charge in [-0.1, -0.05) is 24.3 Å². The highest BCUT2D eigenvalue weighted by molar-refractivity contribution is 7.91. The average Bonchev–Trinajstić information content (AvgIpc) is 2.94. The molecule has 0 unspecified atom stereocenters. The second kappa shape index (κ2) is 10.8. The fourth-order valence-corrected chi connectivity index (χ4v) is 6.37. The Bertz CT molecular complexity index is 1610. The number of methoxy groups -OCH3 is 1. The van der Waals surface area contributed by atoms with Gasteiger partial charge in [-0.05, 0) is 60.2 Å². The molecular weight excluding hydrogens is 521 g/mol. The number of nitrogens with one attached hydrogen (secondary N) is 1. The maximum absolute atomic E-state index is 15.0. The van der Waals surface area contributed by atoms with Crippen molar-refractivity contribution in [3.05, 3.63) is 76.7 Å². The fourth-order valence-electron chi connectivity index (χ4n) is 4.75. The van der Waals surface area contributed by atoms with Crippen molar-refractivity contribution in [2.75, 3.05) is 36.2 Å². The molecule has 2 aliphatic heterocycles. The summed E-state index contributed by atoms with van der Waals surface area (Å²) in [7, 11) is -2.39. The molecular formula is C28H26FN5O4S. The lowest BCUT2D eigenvalue weighted by Gasteiger charge is -2.29. The van der Waals surface area contributed by atoms with Crippen LogP contribution in [0.2, 0.25) is 0 Å². The van der Waals surface area contributed by atoms with Crippen molar-refractivity contribution < 1.29 is 22.3 Å². The quantitative estimate of drug-likeness (QED) is 0.457. The first kappa shape index (κ1) is 26.3. The molecule has 200 valence electrons. The van der Waals surface area contributed by atoms with Gasteiger partial charge in [-0.15, -0.1) is 0 Å². The Morgan fingerprint density at radius 3 is 2.64 bits per heavy atom. The molecule has 0 bridgehead atoms. The van der Waals surface area contributed by atoms with Crippen molar-refractivity contribution in [1.82, 2.24) is 9.97 Å². The molecule has 0 spiro atoms. The predicted molar refractivity (Wildman–Crippen MR) is 144 cm³/mol. The van der Waals surface area contributed by atoms with Gasteiger partial charge in [0.1, 0.15) is 10.7 Å². The molecule has 11 heteroatoms. The highest BCUT2D eigenvalue weighted by atomic mass is 32.2. The zero-order chi connectivity index (χ0) is 27.6. The van der Waals surface area contributed by atoms with Crippen LogP contribution in [0.25, 0.3) is 5.57 Å². The Morgan fingerprint density at radius 2 is 1.97 bits per heavy atom. The van der Waals surface area contributed by atoms with Crippen molar-refractivity contribution >= 4 is 38.8 Å². The van der Waals surface area contributed by atoms with Gasteiger partial charge < -0.3 is 15.0 Å². The summed E-state index contributed by atoms with van der Waals surface area (Å²) in [6.07, 6.45) is 3.62. The minimum absolute atomic E-state index is 0.00126. The zero-order valence-electron chi connectivity index (χ0n) is 21.3. The van der Waals surface area contributed by atoms with Crippen LogP contribution >= 0.6 is 0 Å². The van der Waals surface area contributed by atoms with Gasteiger partial charge in [0.15, 0.2) is 15.7 Å². The van der Waals surface area contributed by atoms with Crippen molar-refractivity contribution in [1.29, 1.82) is 5.26 Å². The maximum Gasteiger partial charge on any atom is 0.309 e. The Balaban J connectivity index is 1.45. The zero-order valence-corrected chi connectivity index (χ0v) is 22.1. The number of rotatable bonds is 6. The van der Waals surface area contributed by atoms with Crippen molar-refractivity contribution in [2.24, 2.45) is 0 Å². The van der Waals surface area contributed by atoms with E-state index in [0.717, 1.165) is 11.1 Å².